The van der Waals surface area contributed by atoms with Gasteiger partial charge in [-0.2, -0.15) is 0 Å². The second-order valence-corrected chi connectivity index (χ2v) is 6.20. The van der Waals surface area contributed by atoms with Crippen LogP contribution in [0, 0.1) is 4.78 Å². The minimum Gasteiger partial charge on any atom is -0.461 e. The van der Waals surface area contributed by atoms with Crippen molar-refractivity contribution >= 4 is 22.0 Å². The third-order valence-electron chi connectivity index (χ3n) is 2.87. The van der Waals surface area contributed by atoms with E-state index in [4.69, 9.17) is 9.52 Å². The molecule has 2 unspecified atom stereocenters. The molecule has 0 fully saturated rings. The maximum atomic E-state index is 12.4. The Bertz CT molecular complexity index is 643. The molecule has 2 atom stereocenters. The monoisotopic (exact) mass is 283 g/mol. The van der Waals surface area contributed by atoms with Gasteiger partial charge in [0.25, 0.3) is 0 Å². The SMILES string of the molecule is CCOC(=O)c1c2c(cn1C)S(=N)(=O)NC(C)C=C2. The Hall–Kier alpha value is -1.60. The first-order chi connectivity index (χ1) is 8.86. The Morgan fingerprint density at radius 2 is 2.32 bits per heavy atom. The molecule has 19 heavy (non-hydrogen) atoms. The molecule has 0 aromatic carbocycles. The summed E-state index contributed by atoms with van der Waals surface area (Å²) in [6, 6.07) is -0.197. The van der Waals surface area contributed by atoms with E-state index < -0.39 is 15.9 Å². The highest BCUT2D eigenvalue weighted by atomic mass is 32.2. The summed E-state index contributed by atoms with van der Waals surface area (Å²) in [7, 11) is -1.44. The van der Waals surface area contributed by atoms with Crippen molar-refractivity contribution in [2.45, 2.75) is 24.8 Å². The lowest BCUT2D eigenvalue weighted by molar-refractivity contribution is 0.0515. The normalized spacial score (nSPS) is 25.7. The summed E-state index contributed by atoms with van der Waals surface area (Å²) in [5, 5.41) is 0. The van der Waals surface area contributed by atoms with Crippen LogP contribution in [0.2, 0.25) is 0 Å². The van der Waals surface area contributed by atoms with E-state index in [9.17, 15) is 9.00 Å². The highest BCUT2D eigenvalue weighted by Gasteiger charge is 2.27. The summed E-state index contributed by atoms with van der Waals surface area (Å²) in [4.78, 5) is 12.3. The van der Waals surface area contributed by atoms with Gasteiger partial charge < -0.3 is 9.30 Å². The topological polar surface area (TPSA) is 84.2 Å². The molecule has 104 valence electrons. The van der Waals surface area contributed by atoms with Crippen LogP contribution in [-0.4, -0.2) is 27.4 Å². The third-order valence-corrected chi connectivity index (χ3v) is 4.51. The van der Waals surface area contributed by atoms with Crippen LogP contribution in [0.5, 0.6) is 0 Å². The lowest BCUT2D eigenvalue weighted by Crippen LogP contribution is -2.29. The predicted molar refractivity (Wildman–Crippen MR) is 72.1 cm³/mol. The Morgan fingerprint density at radius 1 is 1.63 bits per heavy atom. The van der Waals surface area contributed by atoms with Gasteiger partial charge in [-0.15, -0.1) is 0 Å². The van der Waals surface area contributed by atoms with Crippen LogP contribution >= 0.6 is 0 Å². The number of nitrogens with one attached hydrogen (secondary N) is 2. The molecular weight excluding hydrogens is 266 g/mol. The van der Waals surface area contributed by atoms with Gasteiger partial charge in [0, 0.05) is 24.8 Å². The zero-order valence-corrected chi connectivity index (χ0v) is 11.9. The second-order valence-electron chi connectivity index (χ2n) is 4.41. The van der Waals surface area contributed by atoms with Crippen molar-refractivity contribution in [2.24, 2.45) is 7.05 Å². The molecule has 0 saturated carbocycles. The Labute approximate surface area is 112 Å². The van der Waals surface area contributed by atoms with E-state index in [-0.39, 0.29) is 12.6 Å². The van der Waals surface area contributed by atoms with Crippen LogP contribution in [0.25, 0.3) is 6.08 Å². The van der Waals surface area contributed by atoms with Crippen molar-refractivity contribution in [3.05, 3.63) is 23.5 Å². The summed E-state index contributed by atoms with van der Waals surface area (Å²) in [5.74, 6) is -0.472. The molecule has 6 nitrogen and oxygen atoms in total. The summed E-state index contributed by atoms with van der Waals surface area (Å²) in [6.07, 6.45) is 5.05. The van der Waals surface area contributed by atoms with E-state index in [0.717, 1.165) is 0 Å². The lowest BCUT2D eigenvalue weighted by atomic mass is 10.2. The summed E-state index contributed by atoms with van der Waals surface area (Å²) < 4.78 is 29.6. The van der Waals surface area contributed by atoms with Gasteiger partial charge in [-0.25, -0.2) is 18.5 Å². The molecule has 7 heteroatoms. The van der Waals surface area contributed by atoms with Crippen molar-refractivity contribution in [1.29, 1.82) is 4.78 Å². The van der Waals surface area contributed by atoms with Crippen LogP contribution in [0.3, 0.4) is 0 Å². The van der Waals surface area contributed by atoms with Crippen molar-refractivity contribution in [3.63, 3.8) is 0 Å². The number of nitrogens with zero attached hydrogens (tertiary/aromatic N) is 1. The number of carbonyl (C=O) groups is 1. The largest absolute Gasteiger partial charge is 0.461 e. The number of ether oxygens (including phenoxy) is 1. The zero-order chi connectivity index (χ0) is 14.2. The molecule has 0 radical (unpaired) electrons. The molecule has 2 rings (SSSR count). The predicted octanol–water partition coefficient (Wildman–Crippen LogP) is 1.53. The van der Waals surface area contributed by atoms with E-state index in [2.05, 4.69) is 4.72 Å². The molecule has 2 heterocycles. The average Bonchev–Trinajstić information content (AvgIpc) is 2.59. The summed E-state index contributed by atoms with van der Waals surface area (Å²) >= 11 is 0. The van der Waals surface area contributed by atoms with Crippen LogP contribution in [0.4, 0.5) is 0 Å². The van der Waals surface area contributed by atoms with E-state index in [1.807, 2.05) is 0 Å². The number of aromatic nitrogens is 1. The highest BCUT2D eigenvalue weighted by molar-refractivity contribution is 7.90. The van der Waals surface area contributed by atoms with Crippen molar-refractivity contribution in [3.8, 4) is 0 Å². The highest BCUT2D eigenvalue weighted by Crippen LogP contribution is 2.27. The van der Waals surface area contributed by atoms with Crippen molar-refractivity contribution < 1.29 is 13.7 Å². The van der Waals surface area contributed by atoms with E-state index in [1.54, 1.807) is 43.8 Å². The number of carbonyl (C=O) groups excluding carboxylic acids is 1. The fourth-order valence-electron chi connectivity index (χ4n) is 2.07. The molecule has 1 aromatic rings. The summed E-state index contributed by atoms with van der Waals surface area (Å²) in [5.41, 5.74) is 0.821. The van der Waals surface area contributed by atoms with Gasteiger partial charge in [0.15, 0.2) is 0 Å². The average molecular weight is 283 g/mol. The van der Waals surface area contributed by atoms with Gasteiger partial charge in [0.2, 0.25) is 0 Å². The number of hydrogen-bond donors (Lipinski definition) is 2. The van der Waals surface area contributed by atoms with Gasteiger partial charge in [-0.3, -0.25) is 0 Å². The third kappa shape index (κ3) is 2.43. The van der Waals surface area contributed by atoms with E-state index >= 15 is 0 Å². The fourth-order valence-corrected chi connectivity index (χ4v) is 3.58. The Morgan fingerprint density at radius 3 is 2.95 bits per heavy atom. The van der Waals surface area contributed by atoms with Gasteiger partial charge in [-0.1, -0.05) is 12.2 Å². The molecule has 0 saturated heterocycles. The molecule has 1 aliphatic heterocycles. The molecule has 2 N–H and O–H groups in total. The Balaban J connectivity index is 2.64. The smallest absolute Gasteiger partial charge is 0.355 e. The first-order valence-corrected chi connectivity index (χ1v) is 7.53. The number of fused-ring (bicyclic) bond motifs is 1. The van der Waals surface area contributed by atoms with E-state index in [1.165, 1.54) is 0 Å². The van der Waals surface area contributed by atoms with Gasteiger partial charge in [0.1, 0.15) is 15.6 Å². The fraction of sp³-hybridized carbons (Fsp3) is 0.417. The quantitative estimate of drug-likeness (QED) is 0.807. The molecule has 0 bridgehead atoms. The van der Waals surface area contributed by atoms with E-state index in [0.29, 0.717) is 16.2 Å². The second kappa shape index (κ2) is 4.82. The molecule has 0 aliphatic carbocycles. The van der Waals surface area contributed by atoms with Gasteiger partial charge >= 0.3 is 5.97 Å². The van der Waals surface area contributed by atoms with Crippen molar-refractivity contribution in [2.75, 3.05) is 6.61 Å². The standard InChI is InChI=1S/C12H17N3O3S/c1-4-18-12(16)11-9-6-5-8(2)14-19(13,17)10(9)7-15(11)3/h5-8H,4H2,1-3H3,(H2,13,14,17). The molecule has 1 aliphatic rings. The van der Waals surface area contributed by atoms with Crippen LogP contribution in [0.1, 0.15) is 29.9 Å². The molecular formula is C12H17N3O3S. The number of rotatable bonds is 2. The van der Waals surface area contributed by atoms with Crippen LogP contribution in [-0.2, 0) is 21.7 Å². The maximum Gasteiger partial charge on any atom is 0.355 e. The molecule has 1 aromatic heterocycles. The Kier molecular flexibility index (Phi) is 3.51. The minimum absolute atomic E-state index is 0.197. The zero-order valence-electron chi connectivity index (χ0n) is 11.1. The van der Waals surface area contributed by atoms with Crippen LogP contribution in [0.15, 0.2) is 17.2 Å². The number of aryl methyl sites for hydroxylation is 1. The summed E-state index contributed by atoms with van der Waals surface area (Å²) in [6.45, 7) is 3.81. The lowest BCUT2D eigenvalue weighted by Gasteiger charge is -2.09. The maximum absolute atomic E-state index is 12.4. The number of esters is 1. The van der Waals surface area contributed by atoms with Crippen molar-refractivity contribution in [1.82, 2.24) is 9.29 Å². The molecule has 0 spiro atoms. The molecule has 0 amide bonds. The number of hydrogen-bond acceptors (Lipinski definition) is 4. The van der Waals surface area contributed by atoms with Gasteiger partial charge in [0.05, 0.1) is 11.5 Å². The first-order valence-electron chi connectivity index (χ1n) is 5.97. The first kappa shape index (κ1) is 13.8. The minimum atomic E-state index is -3.12. The van der Waals surface area contributed by atoms with Gasteiger partial charge in [-0.05, 0) is 13.8 Å². The van der Waals surface area contributed by atoms with Crippen LogP contribution < -0.4 is 4.72 Å².